The van der Waals surface area contributed by atoms with Crippen molar-refractivity contribution in [1.82, 2.24) is 19.7 Å². The van der Waals surface area contributed by atoms with E-state index in [0.717, 1.165) is 69.0 Å². The van der Waals surface area contributed by atoms with Gasteiger partial charge in [-0.25, -0.2) is 14.1 Å². The summed E-state index contributed by atoms with van der Waals surface area (Å²) < 4.78 is 20.8. The molecule has 0 N–H and O–H groups in total. The first-order chi connectivity index (χ1) is 12.1. The van der Waals surface area contributed by atoms with Gasteiger partial charge in [-0.2, -0.15) is 5.10 Å². The van der Waals surface area contributed by atoms with Crippen LogP contribution in [0.5, 0.6) is 0 Å². The first-order valence-electron chi connectivity index (χ1n) is 9.09. The Kier molecular flexibility index (Phi) is 6.15. The van der Waals surface area contributed by atoms with Crippen LogP contribution in [0.3, 0.4) is 0 Å². The number of hydrogen-bond donors (Lipinski definition) is 0. The predicted octanol–water partition coefficient (Wildman–Crippen LogP) is 3.01. The topological polar surface area (TPSA) is 43.2 Å². The third kappa shape index (κ3) is 5.09. The second kappa shape index (κ2) is 8.54. The molecule has 1 aromatic heterocycles. The van der Waals surface area contributed by atoms with Crippen LogP contribution >= 0.6 is 0 Å². The zero-order valence-corrected chi connectivity index (χ0v) is 15.1. The second-order valence-electron chi connectivity index (χ2n) is 6.91. The largest absolute Gasteiger partial charge is 0.378 e. The molecule has 0 unspecified atom stereocenters. The Hall–Kier alpha value is -1.79. The number of hydrogen-bond acceptors (Lipinski definition) is 4. The van der Waals surface area contributed by atoms with E-state index in [1.807, 2.05) is 4.68 Å². The van der Waals surface area contributed by atoms with Gasteiger partial charge >= 0.3 is 0 Å². The maximum absolute atomic E-state index is 13.2. The molecule has 0 bridgehead atoms. The first-order valence-corrected chi connectivity index (χ1v) is 9.09. The fraction of sp³-hybridized carbons (Fsp3) is 0.579. The Labute approximate surface area is 148 Å². The highest BCUT2D eigenvalue weighted by atomic mass is 19.1. The lowest BCUT2D eigenvalue weighted by molar-refractivity contribution is 0.104. The van der Waals surface area contributed by atoms with Gasteiger partial charge in [0.05, 0.1) is 11.8 Å². The summed E-state index contributed by atoms with van der Waals surface area (Å²) in [6.45, 7) is 1.88. The summed E-state index contributed by atoms with van der Waals surface area (Å²) in [7, 11) is 4.13. The summed E-state index contributed by atoms with van der Waals surface area (Å²) in [6.07, 6.45) is 6.24. The summed E-state index contributed by atoms with van der Waals surface area (Å²) in [5, 5.41) is 4.68. The molecule has 1 aromatic carbocycles. The molecule has 1 aliphatic rings. The standard InChI is InChI=1S/C19H27FN4O/c1-23(2)13-3-6-18-21-19(12-11-17-5-4-14-25-17)24(22-18)16-9-7-15(20)8-10-16/h7-10,17H,3-6,11-14H2,1-2H3/t17-/m0/s1. The molecule has 0 aliphatic carbocycles. The van der Waals surface area contributed by atoms with Crippen molar-refractivity contribution < 1.29 is 9.13 Å². The highest BCUT2D eigenvalue weighted by Crippen LogP contribution is 2.19. The molecular formula is C19H27FN4O. The third-order valence-electron chi connectivity index (χ3n) is 4.51. The van der Waals surface area contributed by atoms with Crippen LogP contribution in [-0.2, 0) is 17.6 Å². The molecule has 0 spiro atoms. The Morgan fingerprint density at radius 2 is 2.04 bits per heavy atom. The molecule has 0 amide bonds. The molecular weight excluding hydrogens is 319 g/mol. The number of rotatable bonds is 8. The van der Waals surface area contributed by atoms with E-state index in [9.17, 15) is 4.39 Å². The Morgan fingerprint density at radius 3 is 2.72 bits per heavy atom. The SMILES string of the molecule is CN(C)CCCc1nc(CC[C@@H]2CCCO2)n(-c2ccc(F)cc2)n1. The molecule has 1 aliphatic heterocycles. The Morgan fingerprint density at radius 1 is 1.24 bits per heavy atom. The molecule has 25 heavy (non-hydrogen) atoms. The van der Waals surface area contributed by atoms with Gasteiger partial charge in [-0.1, -0.05) is 0 Å². The number of halogens is 1. The zero-order chi connectivity index (χ0) is 17.6. The maximum atomic E-state index is 13.2. The number of nitrogens with zero attached hydrogens (tertiary/aromatic N) is 4. The third-order valence-corrected chi connectivity index (χ3v) is 4.51. The van der Waals surface area contributed by atoms with Crippen LogP contribution in [-0.4, -0.2) is 53.0 Å². The van der Waals surface area contributed by atoms with Gasteiger partial charge < -0.3 is 9.64 Å². The fourth-order valence-corrected chi connectivity index (χ4v) is 3.16. The molecule has 0 saturated carbocycles. The van der Waals surface area contributed by atoms with Crippen LogP contribution < -0.4 is 0 Å². The van der Waals surface area contributed by atoms with Gasteiger partial charge in [0.1, 0.15) is 11.6 Å². The Bertz CT molecular complexity index is 663. The van der Waals surface area contributed by atoms with Gasteiger partial charge in [0.25, 0.3) is 0 Å². The summed E-state index contributed by atoms with van der Waals surface area (Å²) in [5.74, 6) is 1.55. The van der Waals surface area contributed by atoms with Crippen molar-refractivity contribution in [3.05, 3.63) is 41.7 Å². The van der Waals surface area contributed by atoms with Crippen LogP contribution in [0.1, 0.15) is 37.3 Å². The summed E-state index contributed by atoms with van der Waals surface area (Å²) in [6, 6.07) is 6.44. The van der Waals surface area contributed by atoms with Crippen LogP contribution in [0, 0.1) is 5.82 Å². The molecule has 3 rings (SSSR count). The van der Waals surface area contributed by atoms with Crippen LogP contribution in [0.25, 0.3) is 5.69 Å². The van der Waals surface area contributed by atoms with Gasteiger partial charge in [-0.3, -0.25) is 0 Å². The predicted molar refractivity (Wildman–Crippen MR) is 95.5 cm³/mol. The molecule has 1 saturated heterocycles. The molecule has 5 nitrogen and oxygen atoms in total. The quantitative estimate of drug-likeness (QED) is 0.737. The molecule has 2 aromatic rings. The average Bonchev–Trinajstić information content (AvgIpc) is 3.23. The summed E-state index contributed by atoms with van der Waals surface area (Å²) >= 11 is 0. The van der Waals surface area contributed by atoms with Gasteiger partial charge in [-0.15, -0.1) is 0 Å². The van der Waals surface area contributed by atoms with E-state index >= 15 is 0 Å². The molecule has 1 fully saturated rings. The monoisotopic (exact) mass is 346 g/mol. The average molecular weight is 346 g/mol. The summed E-state index contributed by atoms with van der Waals surface area (Å²) in [5.41, 5.74) is 0.857. The maximum Gasteiger partial charge on any atom is 0.151 e. The zero-order valence-electron chi connectivity index (χ0n) is 15.1. The minimum absolute atomic E-state index is 0.240. The van der Waals surface area contributed by atoms with E-state index in [2.05, 4.69) is 24.1 Å². The van der Waals surface area contributed by atoms with Gasteiger partial charge in [-0.05, 0) is 70.6 Å². The van der Waals surface area contributed by atoms with Gasteiger partial charge in [0.15, 0.2) is 5.82 Å². The van der Waals surface area contributed by atoms with E-state index in [0.29, 0.717) is 6.10 Å². The van der Waals surface area contributed by atoms with E-state index < -0.39 is 0 Å². The van der Waals surface area contributed by atoms with Crippen molar-refractivity contribution in [2.75, 3.05) is 27.2 Å². The Balaban J connectivity index is 1.74. The lowest BCUT2D eigenvalue weighted by atomic mass is 10.1. The van der Waals surface area contributed by atoms with Crippen molar-refractivity contribution in [3.63, 3.8) is 0 Å². The first kappa shape index (κ1) is 18.0. The molecule has 0 radical (unpaired) electrons. The van der Waals surface area contributed by atoms with Crippen LogP contribution in [0.2, 0.25) is 0 Å². The van der Waals surface area contributed by atoms with Crippen molar-refractivity contribution >= 4 is 0 Å². The van der Waals surface area contributed by atoms with Gasteiger partial charge in [0, 0.05) is 19.4 Å². The molecule has 136 valence electrons. The van der Waals surface area contributed by atoms with E-state index in [1.165, 1.54) is 12.1 Å². The molecule has 6 heteroatoms. The van der Waals surface area contributed by atoms with E-state index in [1.54, 1.807) is 12.1 Å². The van der Waals surface area contributed by atoms with Gasteiger partial charge in [0.2, 0.25) is 0 Å². The van der Waals surface area contributed by atoms with Crippen LogP contribution in [0.4, 0.5) is 4.39 Å². The lowest BCUT2D eigenvalue weighted by Crippen LogP contribution is -2.13. The van der Waals surface area contributed by atoms with Crippen molar-refractivity contribution in [1.29, 1.82) is 0 Å². The van der Waals surface area contributed by atoms with Crippen LogP contribution in [0.15, 0.2) is 24.3 Å². The molecule has 2 heterocycles. The number of ether oxygens (including phenoxy) is 1. The lowest BCUT2D eigenvalue weighted by Gasteiger charge is -2.09. The second-order valence-corrected chi connectivity index (χ2v) is 6.91. The van der Waals surface area contributed by atoms with E-state index in [-0.39, 0.29) is 5.82 Å². The van der Waals surface area contributed by atoms with Crippen molar-refractivity contribution in [2.45, 2.75) is 44.6 Å². The number of aromatic nitrogens is 3. The molecule has 1 atom stereocenters. The summed E-state index contributed by atoms with van der Waals surface area (Å²) in [4.78, 5) is 6.91. The number of benzene rings is 1. The van der Waals surface area contributed by atoms with E-state index in [4.69, 9.17) is 9.72 Å². The number of aryl methyl sites for hydroxylation is 2. The van der Waals surface area contributed by atoms with Crippen molar-refractivity contribution in [3.8, 4) is 5.69 Å². The smallest absolute Gasteiger partial charge is 0.151 e. The highest BCUT2D eigenvalue weighted by Gasteiger charge is 2.18. The van der Waals surface area contributed by atoms with Crippen molar-refractivity contribution in [2.24, 2.45) is 0 Å². The highest BCUT2D eigenvalue weighted by molar-refractivity contribution is 5.32. The normalized spacial score (nSPS) is 17.5. The minimum Gasteiger partial charge on any atom is -0.378 e. The minimum atomic E-state index is -0.240. The fourth-order valence-electron chi connectivity index (χ4n) is 3.16.